The standard InChI is InChI=1S/C23H17Br2NO3/c24-17-8-6-15(7-9-17)14-26-20-11-10-18(25)12-19(20)23(29,22(26)28)13-21(27)16-4-2-1-3-5-16/h1-12,29H,13-14H2. The Morgan fingerprint density at radius 2 is 1.59 bits per heavy atom. The second-order valence-corrected chi connectivity index (χ2v) is 8.84. The van der Waals surface area contributed by atoms with Crippen LogP contribution in [0, 0.1) is 0 Å². The normalized spacial score (nSPS) is 18.0. The van der Waals surface area contributed by atoms with Crippen LogP contribution in [0.3, 0.4) is 0 Å². The summed E-state index contributed by atoms with van der Waals surface area (Å²) in [5.41, 5.74) is 0.551. The third-order valence-corrected chi connectivity index (χ3v) is 6.08. The average molecular weight is 515 g/mol. The summed E-state index contributed by atoms with van der Waals surface area (Å²) < 4.78 is 1.68. The molecule has 4 nitrogen and oxygen atoms in total. The molecule has 1 aliphatic heterocycles. The van der Waals surface area contributed by atoms with Gasteiger partial charge in [0, 0.05) is 20.1 Å². The van der Waals surface area contributed by atoms with Crippen molar-refractivity contribution in [3.63, 3.8) is 0 Å². The number of rotatable bonds is 5. The summed E-state index contributed by atoms with van der Waals surface area (Å²) in [7, 11) is 0. The van der Waals surface area contributed by atoms with Crippen LogP contribution in [0.4, 0.5) is 5.69 Å². The van der Waals surface area contributed by atoms with E-state index in [1.165, 1.54) is 0 Å². The van der Waals surface area contributed by atoms with Crippen LogP contribution in [-0.4, -0.2) is 16.8 Å². The van der Waals surface area contributed by atoms with E-state index in [-0.39, 0.29) is 12.2 Å². The van der Waals surface area contributed by atoms with E-state index in [1.807, 2.05) is 36.4 Å². The van der Waals surface area contributed by atoms with Gasteiger partial charge in [-0.15, -0.1) is 0 Å². The van der Waals surface area contributed by atoms with Crippen LogP contribution >= 0.6 is 31.9 Å². The highest BCUT2D eigenvalue weighted by Gasteiger charge is 2.51. The van der Waals surface area contributed by atoms with Crippen molar-refractivity contribution in [3.8, 4) is 0 Å². The van der Waals surface area contributed by atoms with Crippen molar-refractivity contribution in [1.29, 1.82) is 0 Å². The van der Waals surface area contributed by atoms with E-state index >= 15 is 0 Å². The number of Topliss-reactive ketones (excluding diaryl/α,β-unsaturated/α-hetero) is 1. The van der Waals surface area contributed by atoms with Gasteiger partial charge in [-0.3, -0.25) is 9.59 Å². The number of benzene rings is 3. The van der Waals surface area contributed by atoms with Gasteiger partial charge in [0.15, 0.2) is 11.4 Å². The van der Waals surface area contributed by atoms with Gasteiger partial charge in [-0.1, -0.05) is 74.3 Å². The Morgan fingerprint density at radius 3 is 2.28 bits per heavy atom. The highest BCUT2D eigenvalue weighted by molar-refractivity contribution is 9.10. The first-order chi connectivity index (χ1) is 13.9. The van der Waals surface area contributed by atoms with Crippen LogP contribution in [0.2, 0.25) is 0 Å². The molecule has 6 heteroatoms. The van der Waals surface area contributed by atoms with E-state index in [9.17, 15) is 14.7 Å². The Labute approximate surface area is 185 Å². The molecule has 0 spiro atoms. The van der Waals surface area contributed by atoms with Crippen molar-refractivity contribution in [1.82, 2.24) is 0 Å². The quantitative estimate of drug-likeness (QED) is 0.475. The number of fused-ring (bicyclic) bond motifs is 1. The number of ketones is 1. The molecule has 0 fully saturated rings. The summed E-state index contributed by atoms with van der Waals surface area (Å²) in [6.07, 6.45) is -0.309. The number of carbonyl (C=O) groups excluding carboxylic acids is 2. The molecule has 0 saturated carbocycles. The van der Waals surface area contributed by atoms with Crippen molar-refractivity contribution in [3.05, 3.63) is 98.4 Å². The molecule has 1 atom stereocenters. The first-order valence-electron chi connectivity index (χ1n) is 9.05. The summed E-state index contributed by atoms with van der Waals surface area (Å²) in [4.78, 5) is 27.7. The summed E-state index contributed by atoms with van der Waals surface area (Å²) in [5, 5.41) is 11.4. The highest BCUT2D eigenvalue weighted by atomic mass is 79.9. The molecule has 0 aliphatic carbocycles. The molecule has 1 amide bonds. The maximum atomic E-state index is 13.3. The molecule has 3 aromatic rings. The molecule has 29 heavy (non-hydrogen) atoms. The monoisotopic (exact) mass is 513 g/mol. The van der Waals surface area contributed by atoms with Crippen LogP contribution in [0.1, 0.15) is 27.9 Å². The van der Waals surface area contributed by atoms with Crippen LogP contribution in [0.25, 0.3) is 0 Å². The predicted molar refractivity (Wildman–Crippen MR) is 119 cm³/mol. The van der Waals surface area contributed by atoms with Crippen LogP contribution < -0.4 is 4.90 Å². The average Bonchev–Trinajstić information content (AvgIpc) is 2.92. The molecule has 1 unspecified atom stereocenters. The Hall–Kier alpha value is -2.28. The number of anilines is 1. The molecule has 1 heterocycles. The zero-order valence-corrected chi connectivity index (χ0v) is 18.5. The van der Waals surface area contributed by atoms with Crippen LogP contribution in [0.15, 0.2) is 81.7 Å². The van der Waals surface area contributed by atoms with Gasteiger partial charge in [-0.25, -0.2) is 0 Å². The summed E-state index contributed by atoms with van der Waals surface area (Å²) in [6, 6.07) is 21.7. The number of nitrogens with zero attached hydrogens (tertiary/aromatic N) is 1. The lowest BCUT2D eigenvalue weighted by atomic mass is 9.88. The molecule has 1 aliphatic rings. The zero-order chi connectivity index (χ0) is 20.6. The molecule has 0 bridgehead atoms. The minimum Gasteiger partial charge on any atom is -0.375 e. The predicted octanol–water partition coefficient (Wildman–Crippen LogP) is 5.22. The first-order valence-corrected chi connectivity index (χ1v) is 10.6. The molecule has 3 aromatic carbocycles. The smallest absolute Gasteiger partial charge is 0.264 e. The molecule has 0 aromatic heterocycles. The Bertz CT molecular complexity index is 1080. The second-order valence-electron chi connectivity index (χ2n) is 7.01. The number of halogens is 2. The summed E-state index contributed by atoms with van der Waals surface area (Å²) >= 11 is 6.82. The number of carbonyl (C=O) groups is 2. The van der Waals surface area contributed by atoms with E-state index in [2.05, 4.69) is 31.9 Å². The van der Waals surface area contributed by atoms with Gasteiger partial charge in [-0.05, 0) is 35.9 Å². The van der Waals surface area contributed by atoms with E-state index in [0.717, 1.165) is 14.5 Å². The third-order valence-electron chi connectivity index (χ3n) is 5.06. The second kappa shape index (κ2) is 7.86. The number of amides is 1. The molecule has 0 saturated heterocycles. The largest absolute Gasteiger partial charge is 0.375 e. The van der Waals surface area contributed by atoms with Gasteiger partial charge in [0.05, 0.1) is 18.7 Å². The van der Waals surface area contributed by atoms with Crippen LogP contribution in [0.5, 0.6) is 0 Å². The van der Waals surface area contributed by atoms with Gasteiger partial charge in [-0.2, -0.15) is 0 Å². The molecular weight excluding hydrogens is 498 g/mol. The molecule has 1 N–H and O–H groups in total. The van der Waals surface area contributed by atoms with Gasteiger partial charge < -0.3 is 10.0 Å². The lowest BCUT2D eigenvalue weighted by Crippen LogP contribution is -2.41. The van der Waals surface area contributed by atoms with Crippen molar-refractivity contribution in [2.75, 3.05) is 4.90 Å². The maximum Gasteiger partial charge on any atom is 0.264 e. The SMILES string of the molecule is O=C(CC1(O)C(=O)N(Cc2ccc(Br)cc2)c2ccc(Br)cc21)c1ccccc1. The minimum atomic E-state index is -1.90. The summed E-state index contributed by atoms with van der Waals surface area (Å²) in [5.74, 6) is -0.768. The van der Waals surface area contributed by atoms with E-state index in [4.69, 9.17) is 0 Å². The number of hydrogen-bond donors (Lipinski definition) is 1. The fourth-order valence-corrected chi connectivity index (χ4v) is 4.21. The third kappa shape index (κ3) is 3.80. The van der Waals surface area contributed by atoms with E-state index < -0.39 is 11.5 Å². The maximum absolute atomic E-state index is 13.3. The van der Waals surface area contributed by atoms with Gasteiger partial charge in [0.1, 0.15) is 0 Å². The molecule has 146 valence electrons. The molecule has 4 rings (SSSR count). The number of aliphatic hydroxyl groups is 1. The van der Waals surface area contributed by atoms with Crippen molar-refractivity contribution >= 4 is 49.2 Å². The van der Waals surface area contributed by atoms with Crippen LogP contribution in [-0.2, 0) is 16.9 Å². The minimum absolute atomic E-state index is 0.280. The van der Waals surface area contributed by atoms with Crippen molar-refractivity contribution in [2.45, 2.75) is 18.6 Å². The Morgan fingerprint density at radius 1 is 0.931 bits per heavy atom. The fourth-order valence-electron chi connectivity index (χ4n) is 3.58. The Balaban J connectivity index is 1.71. The van der Waals surface area contributed by atoms with Gasteiger partial charge >= 0.3 is 0 Å². The van der Waals surface area contributed by atoms with Crippen molar-refractivity contribution in [2.24, 2.45) is 0 Å². The topological polar surface area (TPSA) is 57.6 Å². The lowest BCUT2D eigenvalue weighted by molar-refractivity contribution is -0.136. The van der Waals surface area contributed by atoms with E-state index in [0.29, 0.717) is 23.4 Å². The fraction of sp³-hybridized carbons (Fsp3) is 0.130. The van der Waals surface area contributed by atoms with E-state index in [1.54, 1.807) is 41.3 Å². The highest BCUT2D eigenvalue weighted by Crippen LogP contribution is 2.44. The number of hydrogen-bond acceptors (Lipinski definition) is 3. The Kier molecular flexibility index (Phi) is 5.42. The van der Waals surface area contributed by atoms with Crippen molar-refractivity contribution < 1.29 is 14.7 Å². The van der Waals surface area contributed by atoms with Gasteiger partial charge in [0.2, 0.25) is 0 Å². The lowest BCUT2D eigenvalue weighted by Gasteiger charge is -2.23. The molecular formula is C23H17Br2NO3. The first kappa shape index (κ1) is 20.0. The van der Waals surface area contributed by atoms with Gasteiger partial charge in [0.25, 0.3) is 5.91 Å². The molecule has 0 radical (unpaired) electrons. The summed E-state index contributed by atoms with van der Waals surface area (Å²) in [6.45, 7) is 0.308. The zero-order valence-electron chi connectivity index (χ0n) is 15.3.